The van der Waals surface area contributed by atoms with E-state index in [4.69, 9.17) is 0 Å². The van der Waals surface area contributed by atoms with Crippen LogP contribution in [0.1, 0.15) is 0 Å². The van der Waals surface area contributed by atoms with Crippen LogP contribution in [0.4, 0.5) is 4.79 Å². The van der Waals surface area contributed by atoms with Crippen LogP contribution >= 0.6 is 0 Å². The second-order valence-electron chi connectivity index (χ2n) is 1.59. The molecular weight excluding hydrogens is 180 g/mol. The van der Waals surface area contributed by atoms with Crippen molar-refractivity contribution in [3.63, 3.8) is 0 Å². The molecule has 0 fully saturated rings. The average Bonchev–Trinajstić information content (AvgIpc) is 2.13. The molecule has 0 rings (SSSR count). The molecule has 0 radical (unpaired) electrons. The Morgan fingerprint density at radius 2 is 1.46 bits per heavy atom. The van der Waals surface area contributed by atoms with Crippen LogP contribution in [0.15, 0.2) is 0 Å². The summed E-state index contributed by atoms with van der Waals surface area (Å²) >= 11 is 0. The zero-order valence-electron chi connectivity index (χ0n) is 6.95. The van der Waals surface area contributed by atoms with Crippen molar-refractivity contribution in [2.45, 2.75) is 0 Å². The van der Waals surface area contributed by atoms with Crippen LogP contribution in [0, 0.1) is 11.8 Å². The van der Waals surface area contributed by atoms with Gasteiger partial charge in [-0.15, -0.1) is 0 Å². The van der Waals surface area contributed by atoms with E-state index in [0.29, 0.717) is 0 Å². The molecule has 0 heterocycles. The van der Waals surface area contributed by atoms with Crippen molar-refractivity contribution in [2.75, 3.05) is 14.2 Å². The smallest absolute Gasteiger partial charge is 0.459 e. The third-order valence-corrected chi connectivity index (χ3v) is 0.795. The van der Waals surface area contributed by atoms with Crippen molar-refractivity contribution in [2.24, 2.45) is 0 Å². The minimum absolute atomic E-state index is 0.901. The molecule has 0 saturated carbocycles. The van der Waals surface area contributed by atoms with Gasteiger partial charge in [-0.2, -0.15) is 0 Å². The zero-order chi connectivity index (χ0) is 10.3. The highest BCUT2D eigenvalue weighted by atomic mass is 16.7. The van der Waals surface area contributed by atoms with Gasteiger partial charge in [0.2, 0.25) is 0 Å². The van der Waals surface area contributed by atoms with Crippen molar-refractivity contribution in [1.29, 1.82) is 0 Å². The van der Waals surface area contributed by atoms with Gasteiger partial charge in [0.15, 0.2) is 0 Å². The highest BCUT2D eigenvalue weighted by Gasteiger charge is 2.06. The maximum Gasteiger partial charge on any atom is 0.516 e. The van der Waals surface area contributed by atoms with Crippen LogP contribution in [0.25, 0.3) is 0 Å². The predicted octanol–water partition coefficient (Wildman–Crippen LogP) is -0.528. The molecule has 0 aromatic rings. The average molecular weight is 186 g/mol. The Balaban J connectivity index is 4.05. The molecule has 0 aliphatic rings. The van der Waals surface area contributed by atoms with E-state index in [1.807, 2.05) is 0 Å². The molecule has 6 heteroatoms. The Labute approximate surface area is 73.8 Å². The first kappa shape index (κ1) is 11.0. The van der Waals surface area contributed by atoms with Crippen LogP contribution in [0.2, 0.25) is 0 Å². The van der Waals surface area contributed by atoms with E-state index in [1.165, 1.54) is 0 Å². The van der Waals surface area contributed by atoms with Gasteiger partial charge >= 0.3 is 18.1 Å². The number of rotatable bonds is 0. The van der Waals surface area contributed by atoms with Gasteiger partial charge in [-0.25, -0.2) is 14.4 Å². The summed E-state index contributed by atoms with van der Waals surface area (Å²) in [5.74, 6) is 1.40. The lowest BCUT2D eigenvalue weighted by molar-refractivity contribution is -0.135. The number of esters is 2. The molecule has 0 atom stereocenters. The van der Waals surface area contributed by atoms with E-state index in [2.05, 4.69) is 14.2 Å². The van der Waals surface area contributed by atoms with Crippen LogP contribution in [0.3, 0.4) is 0 Å². The van der Waals surface area contributed by atoms with Crippen molar-refractivity contribution >= 4 is 18.1 Å². The fraction of sp³-hybridized carbons (Fsp3) is 0.286. The van der Waals surface area contributed by atoms with Crippen LogP contribution in [-0.2, 0) is 23.8 Å². The molecule has 0 aliphatic heterocycles. The summed E-state index contributed by atoms with van der Waals surface area (Å²) < 4.78 is 12.0. The normalized spacial score (nSPS) is 7.54. The van der Waals surface area contributed by atoms with Gasteiger partial charge in [0, 0.05) is 11.8 Å². The van der Waals surface area contributed by atoms with Crippen molar-refractivity contribution < 1.29 is 28.6 Å². The fourth-order valence-electron chi connectivity index (χ4n) is 0.296. The van der Waals surface area contributed by atoms with E-state index in [1.54, 1.807) is 11.8 Å². The van der Waals surface area contributed by atoms with Crippen molar-refractivity contribution in [3.8, 4) is 11.8 Å². The van der Waals surface area contributed by atoms with Gasteiger partial charge in [0.05, 0.1) is 14.2 Å². The molecule has 70 valence electrons. The number of hydrogen-bond donors (Lipinski definition) is 0. The Morgan fingerprint density at radius 1 is 0.923 bits per heavy atom. The first-order valence-corrected chi connectivity index (χ1v) is 3.00. The monoisotopic (exact) mass is 186 g/mol. The van der Waals surface area contributed by atoms with Crippen LogP contribution in [0.5, 0.6) is 0 Å². The topological polar surface area (TPSA) is 78.9 Å². The minimum atomic E-state index is -1.19. The summed E-state index contributed by atoms with van der Waals surface area (Å²) in [6.45, 7) is 0. The number of methoxy groups -OCH3 is 2. The number of carbonyl (C=O) groups excluding carboxylic acids is 3. The minimum Gasteiger partial charge on any atom is -0.459 e. The molecular formula is C7H6O6. The van der Waals surface area contributed by atoms with Gasteiger partial charge in [0.25, 0.3) is 0 Å². The lowest BCUT2D eigenvalue weighted by Crippen LogP contribution is -2.10. The molecule has 0 amide bonds. The number of ether oxygens (including phenoxy) is 3. The largest absolute Gasteiger partial charge is 0.516 e. The molecule has 0 aromatic carbocycles. The summed E-state index contributed by atoms with van der Waals surface area (Å²) in [4.78, 5) is 31.2. The molecule has 0 bridgehead atoms. The first-order valence-electron chi connectivity index (χ1n) is 3.00. The summed E-state index contributed by atoms with van der Waals surface area (Å²) in [7, 11) is 2.13. The van der Waals surface area contributed by atoms with E-state index < -0.39 is 18.1 Å². The highest BCUT2D eigenvalue weighted by molar-refractivity contribution is 6.00. The van der Waals surface area contributed by atoms with Crippen LogP contribution < -0.4 is 0 Å². The highest BCUT2D eigenvalue weighted by Crippen LogP contribution is 1.82. The third-order valence-electron chi connectivity index (χ3n) is 0.795. The fourth-order valence-corrected chi connectivity index (χ4v) is 0.296. The first-order chi connectivity index (χ1) is 6.10. The molecule has 13 heavy (non-hydrogen) atoms. The Kier molecular flexibility index (Phi) is 4.72. The number of hydrogen-bond acceptors (Lipinski definition) is 6. The molecule has 0 unspecified atom stereocenters. The Hall–Kier alpha value is -2.03. The number of carbonyl (C=O) groups is 3. The third kappa shape index (κ3) is 5.26. The summed E-state index contributed by atoms with van der Waals surface area (Å²) in [5, 5.41) is 0. The second kappa shape index (κ2) is 5.60. The molecule has 0 saturated heterocycles. The summed E-state index contributed by atoms with van der Waals surface area (Å²) in [6, 6.07) is 0. The maximum absolute atomic E-state index is 10.5. The zero-order valence-corrected chi connectivity index (χ0v) is 6.95. The maximum atomic E-state index is 10.5. The Morgan fingerprint density at radius 3 is 1.92 bits per heavy atom. The summed E-state index contributed by atoms with van der Waals surface area (Å²) in [6.07, 6.45) is -1.19. The molecule has 6 nitrogen and oxygen atoms in total. The van der Waals surface area contributed by atoms with E-state index >= 15 is 0 Å². The lowest BCUT2D eigenvalue weighted by atomic mass is 10.6. The molecule has 0 N–H and O–H groups in total. The van der Waals surface area contributed by atoms with Gasteiger partial charge in [-0.3, -0.25) is 0 Å². The lowest BCUT2D eigenvalue weighted by Gasteiger charge is -1.93. The van der Waals surface area contributed by atoms with E-state index in [9.17, 15) is 14.4 Å². The Bertz CT molecular complexity index is 281. The van der Waals surface area contributed by atoms with Gasteiger partial charge < -0.3 is 14.2 Å². The van der Waals surface area contributed by atoms with Crippen molar-refractivity contribution in [1.82, 2.24) is 0 Å². The molecule has 0 aromatic heterocycles. The molecule has 0 aliphatic carbocycles. The second-order valence-corrected chi connectivity index (χ2v) is 1.59. The summed E-state index contributed by atoms with van der Waals surface area (Å²) in [5.41, 5.74) is 0. The quantitative estimate of drug-likeness (QED) is 0.219. The van der Waals surface area contributed by atoms with Gasteiger partial charge in [-0.05, 0) is 0 Å². The SMILES string of the molecule is COC(=O)C#CC(=O)OC(=O)OC. The van der Waals surface area contributed by atoms with Crippen LogP contribution in [-0.4, -0.2) is 32.3 Å². The van der Waals surface area contributed by atoms with E-state index in [0.717, 1.165) is 14.2 Å². The van der Waals surface area contributed by atoms with Gasteiger partial charge in [-0.1, -0.05) is 0 Å². The standard InChI is InChI=1S/C7H6O6/c1-11-5(8)3-4-6(9)13-7(10)12-2/h1-2H3. The van der Waals surface area contributed by atoms with Gasteiger partial charge in [0.1, 0.15) is 0 Å². The van der Waals surface area contributed by atoms with Crippen molar-refractivity contribution in [3.05, 3.63) is 0 Å². The predicted molar refractivity (Wildman–Crippen MR) is 38.3 cm³/mol. The molecule has 0 spiro atoms. The van der Waals surface area contributed by atoms with E-state index in [-0.39, 0.29) is 0 Å².